The molecule has 1 fully saturated rings. The predicted octanol–water partition coefficient (Wildman–Crippen LogP) is 4.44. The highest BCUT2D eigenvalue weighted by Gasteiger charge is 2.19. The standard InChI is InChI=1S/C21H22FN3O2/c22-16-6-7-20-18(11-16)19(10-15-12-23-9-8-17(15)21(26)27)24-25(20)13-14-4-2-1-3-5-14/h6-9,11-12,14H,1-5,10,13H2,(H,26,27). The summed E-state index contributed by atoms with van der Waals surface area (Å²) in [7, 11) is 0. The van der Waals surface area contributed by atoms with Gasteiger partial charge in [0.25, 0.3) is 0 Å². The molecule has 0 saturated heterocycles. The predicted molar refractivity (Wildman–Crippen MR) is 100 cm³/mol. The zero-order valence-electron chi connectivity index (χ0n) is 15.1. The lowest BCUT2D eigenvalue weighted by atomic mass is 9.89. The lowest BCUT2D eigenvalue weighted by Crippen LogP contribution is -2.15. The second-order valence-corrected chi connectivity index (χ2v) is 7.31. The molecule has 1 aliphatic rings. The van der Waals surface area contributed by atoms with Gasteiger partial charge in [-0.05, 0) is 48.6 Å². The summed E-state index contributed by atoms with van der Waals surface area (Å²) < 4.78 is 15.9. The maximum absolute atomic E-state index is 13.9. The van der Waals surface area contributed by atoms with Gasteiger partial charge < -0.3 is 5.11 Å². The Bertz CT molecular complexity index is 977. The minimum absolute atomic E-state index is 0.205. The first-order valence-electron chi connectivity index (χ1n) is 9.43. The van der Waals surface area contributed by atoms with Crippen molar-refractivity contribution in [3.63, 3.8) is 0 Å². The Kier molecular flexibility index (Phi) is 4.88. The van der Waals surface area contributed by atoms with E-state index in [0.29, 0.717) is 23.6 Å². The van der Waals surface area contributed by atoms with E-state index in [1.165, 1.54) is 56.5 Å². The first kappa shape index (κ1) is 17.6. The molecule has 0 atom stereocenters. The number of aromatic nitrogens is 3. The number of hydrogen-bond acceptors (Lipinski definition) is 3. The van der Waals surface area contributed by atoms with Crippen molar-refractivity contribution in [1.29, 1.82) is 0 Å². The average Bonchev–Trinajstić information content (AvgIpc) is 2.99. The Labute approximate surface area is 156 Å². The number of hydrogen-bond donors (Lipinski definition) is 1. The number of halogens is 1. The molecule has 2 aromatic heterocycles. The second-order valence-electron chi connectivity index (χ2n) is 7.31. The average molecular weight is 367 g/mol. The Hall–Kier alpha value is -2.76. The zero-order chi connectivity index (χ0) is 18.8. The van der Waals surface area contributed by atoms with Gasteiger partial charge in [-0.25, -0.2) is 9.18 Å². The Morgan fingerprint density at radius 1 is 1.22 bits per heavy atom. The summed E-state index contributed by atoms with van der Waals surface area (Å²) in [5.74, 6) is -0.720. The van der Waals surface area contributed by atoms with Crippen molar-refractivity contribution in [1.82, 2.24) is 14.8 Å². The molecule has 0 amide bonds. The number of nitrogens with zero attached hydrogens (tertiary/aromatic N) is 3. The molecule has 140 valence electrons. The topological polar surface area (TPSA) is 68.0 Å². The van der Waals surface area contributed by atoms with Crippen LogP contribution in [0.3, 0.4) is 0 Å². The fourth-order valence-electron chi connectivity index (χ4n) is 4.06. The van der Waals surface area contributed by atoms with Gasteiger partial charge in [-0.1, -0.05) is 19.3 Å². The van der Waals surface area contributed by atoms with E-state index in [1.54, 1.807) is 12.3 Å². The van der Waals surface area contributed by atoms with E-state index in [0.717, 1.165) is 17.4 Å². The molecule has 1 saturated carbocycles. The smallest absolute Gasteiger partial charge is 0.336 e. The Morgan fingerprint density at radius 3 is 2.81 bits per heavy atom. The number of pyridine rings is 1. The van der Waals surface area contributed by atoms with E-state index in [-0.39, 0.29) is 11.4 Å². The number of carboxylic acid groups (broad SMARTS) is 1. The molecule has 4 rings (SSSR count). The molecule has 1 aromatic carbocycles. The third kappa shape index (κ3) is 3.70. The fourth-order valence-corrected chi connectivity index (χ4v) is 4.06. The molecule has 2 heterocycles. The fraction of sp³-hybridized carbons (Fsp3) is 0.381. The number of benzene rings is 1. The summed E-state index contributed by atoms with van der Waals surface area (Å²) >= 11 is 0. The zero-order valence-corrected chi connectivity index (χ0v) is 15.1. The molecule has 0 bridgehead atoms. The van der Waals surface area contributed by atoms with Gasteiger partial charge in [0.1, 0.15) is 5.82 Å². The van der Waals surface area contributed by atoms with Crippen LogP contribution in [0.25, 0.3) is 10.9 Å². The largest absolute Gasteiger partial charge is 0.478 e. The molecule has 0 unspecified atom stereocenters. The maximum Gasteiger partial charge on any atom is 0.336 e. The van der Waals surface area contributed by atoms with Crippen LogP contribution in [0.2, 0.25) is 0 Å². The van der Waals surface area contributed by atoms with E-state index >= 15 is 0 Å². The Morgan fingerprint density at radius 2 is 2.04 bits per heavy atom. The second kappa shape index (κ2) is 7.47. The van der Waals surface area contributed by atoms with E-state index in [2.05, 4.69) is 4.98 Å². The number of fused-ring (bicyclic) bond motifs is 1. The first-order valence-corrected chi connectivity index (χ1v) is 9.43. The van der Waals surface area contributed by atoms with Crippen LogP contribution >= 0.6 is 0 Å². The van der Waals surface area contributed by atoms with Crippen LogP contribution in [0.15, 0.2) is 36.7 Å². The summed E-state index contributed by atoms with van der Waals surface area (Å²) in [6.07, 6.45) is 9.53. The monoisotopic (exact) mass is 367 g/mol. The minimum Gasteiger partial charge on any atom is -0.478 e. The third-order valence-corrected chi connectivity index (χ3v) is 5.44. The molecule has 27 heavy (non-hydrogen) atoms. The highest BCUT2D eigenvalue weighted by Crippen LogP contribution is 2.28. The highest BCUT2D eigenvalue weighted by atomic mass is 19.1. The summed E-state index contributed by atoms with van der Waals surface area (Å²) in [4.78, 5) is 15.5. The van der Waals surface area contributed by atoms with Crippen LogP contribution in [-0.4, -0.2) is 25.8 Å². The van der Waals surface area contributed by atoms with Crippen molar-refractivity contribution in [2.75, 3.05) is 0 Å². The quantitative estimate of drug-likeness (QED) is 0.724. The first-order chi connectivity index (χ1) is 13.1. The maximum atomic E-state index is 13.9. The van der Waals surface area contributed by atoms with Crippen molar-refractivity contribution in [3.05, 3.63) is 59.3 Å². The van der Waals surface area contributed by atoms with Gasteiger partial charge in [-0.15, -0.1) is 0 Å². The number of rotatable bonds is 5. The number of carbonyl (C=O) groups is 1. The van der Waals surface area contributed by atoms with Crippen LogP contribution in [0, 0.1) is 11.7 Å². The molecule has 5 nitrogen and oxygen atoms in total. The van der Waals surface area contributed by atoms with Crippen LogP contribution in [-0.2, 0) is 13.0 Å². The van der Waals surface area contributed by atoms with Crippen LogP contribution in [0.5, 0.6) is 0 Å². The normalized spacial score (nSPS) is 15.3. The van der Waals surface area contributed by atoms with E-state index < -0.39 is 5.97 Å². The highest BCUT2D eigenvalue weighted by molar-refractivity contribution is 5.89. The van der Waals surface area contributed by atoms with Crippen molar-refractivity contribution < 1.29 is 14.3 Å². The van der Waals surface area contributed by atoms with Gasteiger partial charge >= 0.3 is 5.97 Å². The summed E-state index contributed by atoms with van der Waals surface area (Å²) in [6, 6.07) is 6.20. The molecular formula is C21H22FN3O2. The van der Waals surface area contributed by atoms with Crippen molar-refractivity contribution in [3.8, 4) is 0 Å². The Balaban J connectivity index is 1.72. The minimum atomic E-state index is -0.996. The molecule has 0 radical (unpaired) electrons. The molecule has 1 N–H and O–H groups in total. The van der Waals surface area contributed by atoms with Gasteiger partial charge in [-0.2, -0.15) is 5.10 Å². The van der Waals surface area contributed by atoms with Gasteiger partial charge in [0.05, 0.1) is 16.8 Å². The van der Waals surface area contributed by atoms with Crippen LogP contribution in [0.1, 0.15) is 53.7 Å². The van der Waals surface area contributed by atoms with Crippen molar-refractivity contribution in [2.24, 2.45) is 5.92 Å². The summed E-state index contributed by atoms with van der Waals surface area (Å²) in [5, 5.41) is 14.9. The molecule has 0 spiro atoms. The lowest BCUT2D eigenvalue weighted by molar-refractivity contribution is 0.0695. The molecular weight excluding hydrogens is 345 g/mol. The SMILES string of the molecule is O=C(O)c1ccncc1Cc1nn(CC2CCCCC2)c2ccc(F)cc12. The lowest BCUT2D eigenvalue weighted by Gasteiger charge is -2.21. The third-order valence-electron chi connectivity index (χ3n) is 5.44. The van der Waals surface area contributed by atoms with Gasteiger partial charge in [-0.3, -0.25) is 9.67 Å². The molecule has 6 heteroatoms. The van der Waals surface area contributed by atoms with Gasteiger partial charge in [0.2, 0.25) is 0 Å². The molecule has 1 aliphatic carbocycles. The summed E-state index contributed by atoms with van der Waals surface area (Å²) in [5.41, 5.74) is 2.38. The van der Waals surface area contributed by atoms with Crippen molar-refractivity contribution in [2.45, 2.75) is 45.1 Å². The summed E-state index contributed by atoms with van der Waals surface area (Å²) in [6.45, 7) is 0.820. The van der Waals surface area contributed by atoms with Crippen molar-refractivity contribution >= 4 is 16.9 Å². The number of carboxylic acids is 1. The van der Waals surface area contributed by atoms with E-state index in [9.17, 15) is 14.3 Å². The number of aromatic carboxylic acids is 1. The van der Waals surface area contributed by atoms with E-state index in [4.69, 9.17) is 5.10 Å². The van der Waals surface area contributed by atoms with Gasteiger partial charge in [0, 0.05) is 30.7 Å². The van der Waals surface area contributed by atoms with Crippen LogP contribution in [0.4, 0.5) is 4.39 Å². The molecule has 3 aromatic rings. The molecule has 0 aliphatic heterocycles. The van der Waals surface area contributed by atoms with Crippen LogP contribution < -0.4 is 0 Å². The van der Waals surface area contributed by atoms with Gasteiger partial charge in [0.15, 0.2) is 0 Å². The van der Waals surface area contributed by atoms with E-state index in [1.807, 2.05) is 4.68 Å².